The maximum absolute atomic E-state index is 2.65. The van der Waals surface area contributed by atoms with E-state index >= 15 is 0 Å². The van der Waals surface area contributed by atoms with Gasteiger partial charge in [-0.15, -0.1) is 0 Å². The number of nitrogens with zero attached hydrogens (tertiary/aromatic N) is 1. The summed E-state index contributed by atoms with van der Waals surface area (Å²) in [6.45, 7) is 2.38. The number of likely N-dealkylation sites (tertiary alicyclic amines) is 1. The second kappa shape index (κ2) is 4.42. The minimum atomic E-state index is 0.758. The first-order valence-corrected chi connectivity index (χ1v) is 6.40. The number of fused-ring (bicyclic) bond motifs is 1. The van der Waals surface area contributed by atoms with Gasteiger partial charge in [0.25, 0.3) is 0 Å². The van der Waals surface area contributed by atoms with E-state index < -0.39 is 0 Å². The van der Waals surface area contributed by atoms with Crippen molar-refractivity contribution in [2.75, 3.05) is 6.54 Å². The summed E-state index contributed by atoms with van der Waals surface area (Å²) in [5.74, 6) is 0. The molecule has 0 bridgehead atoms. The molecule has 0 aromatic heterocycles. The molecule has 16 heavy (non-hydrogen) atoms. The predicted octanol–water partition coefficient (Wildman–Crippen LogP) is 3.37. The zero-order valence-corrected chi connectivity index (χ0v) is 9.73. The van der Waals surface area contributed by atoms with E-state index in [-0.39, 0.29) is 0 Å². The monoisotopic (exact) mass is 213 g/mol. The van der Waals surface area contributed by atoms with Crippen molar-refractivity contribution in [3.05, 3.63) is 47.5 Å². The Balaban J connectivity index is 1.73. The summed E-state index contributed by atoms with van der Waals surface area (Å²) in [6.07, 6.45) is 7.85. The summed E-state index contributed by atoms with van der Waals surface area (Å²) in [6, 6.07) is 11.6. The average molecular weight is 213 g/mol. The molecule has 0 spiro atoms. The van der Waals surface area contributed by atoms with Gasteiger partial charge in [-0.25, -0.2) is 0 Å². The molecule has 0 radical (unpaired) electrons. The topological polar surface area (TPSA) is 3.24 Å². The number of hydrogen-bond acceptors (Lipinski definition) is 1. The largest absolute Gasteiger partial charge is 0.292 e. The van der Waals surface area contributed by atoms with E-state index in [9.17, 15) is 0 Å². The highest BCUT2D eigenvalue weighted by molar-refractivity contribution is 5.21. The molecule has 1 aromatic rings. The van der Waals surface area contributed by atoms with Crippen LogP contribution in [-0.2, 0) is 6.54 Å². The molecule has 1 aromatic carbocycles. The second-order valence-corrected chi connectivity index (χ2v) is 4.93. The van der Waals surface area contributed by atoms with Gasteiger partial charge in [-0.1, -0.05) is 42.0 Å². The van der Waals surface area contributed by atoms with Gasteiger partial charge in [0.05, 0.1) is 0 Å². The minimum Gasteiger partial charge on any atom is -0.292 e. The van der Waals surface area contributed by atoms with E-state index in [2.05, 4.69) is 41.3 Å². The van der Waals surface area contributed by atoms with Crippen LogP contribution < -0.4 is 0 Å². The lowest BCUT2D eigenvalue weighted by atomic mass is 9.95. The first-order chi connectivity index (χ1) is 7.93. The average Bonchev–Trinajstić information content (AvgIpc) is 2.74. The van der Waals surface area contributed by atoms with Gasteiger partial charge in [-0.05, 0) is 31.2 Å². The van der Waals surface area contributed by atoms with E-state index in [0.29, 0.717) is 0 Å². The molecule has 0 unspecified atom stereocenters. The van der Waals surface area contributed by atoms with Crippen molar-refractivity contribution >= 4 is 0 Å². The Bertz CT molecular complexity index is 380. The molecule has 0 N–H and O–H groups in total. The Morgan fingerprint density at radius 1 is 1.19 bits per heavy atom. The molecular weight excluding hydrogens is 194 g/mol. The van der Waals surface area contributed by atoms with Gasteiger partial charge in [0.1, 0.15) is 0 Å². The standard InChI is InChI=1S/C15H19N/c1-2-6-13(7-3-1)12-16-11-10-14-8-4-5-9-15(14)16/h1-3,6-8,15H,4-5,9-12H2/t15-/m0/s1. The lowest BCUT2D eigenvalue weighted by Gasteiger charge is -2.27. The summed E-state index contributed by atoms with van der Waals surface area (Å²) >= 11 is 0. The molecular formula is C15H19N. The van der Waals surface area contributed by atoms with Gasteiger partial charge in [-0.2, -0.15) is 0 Å². The molecule has 1 heteroatoms. The third-order valence-electron chi connectivity index (χ3n) is 3.87. The molecule has 1 aliphatic carbocycles. The van der Waals surface area contributed by atoms with Crippen LogP contribution in [0.25, 0.3) is 0 Å². The molecule has 1 heterocycles. The predicted molar refractivity (Wildman–Crippen MR) is 67.2 cm³/mol. The zero-order chi connectivity index (χ0) is 10.8. The molecule has 1 atom stereocenters. The van der Waals surface area contributed by atoms with Gasteiger partial charge in [0, 0.05) is 19.1 Å². The molecule has 1 saturated heterocycles. The fourth-order valence-electron chi connectivity index (χ4n) is 3.04. The van der Waals surface area contributed by atoms with Crippen LogP contribution in [0, 0.1) is 0 Å². The van der Waals surface area contributed by atoms with E-state index in [1.165, 1.54) is 37.8 Å². The highest BCUT2D eigenvalue weighted by atomic mass is 15.2. The Hall–Kier alpha value is -1.08. The van der Waals surface area contributed by atoms with Crippen LogP contribution in [0.2, 0.25) is 0 Å². The second-order valence-electron chi connectivity index (χ2n) is 4.93. The van der Waals surface area contributed by atoms with Crippen LogP contribution in [-0.4, -0.2) is 17.5 Å². The third kappa shape index (κ3) is 1.92. The van der Waals surface area contributed by atoms with E-state index in [1.807, 2.05) is 0 Å². The molecule has 1 fully saturated rings. The van der Waals surface area contributed by atoms with Crippen molar-refractivity contribution in [2.45, 2.75) is 38.3 Å². The summed E-state index contributed by atoms with van der Waals surface area (Å²) < 4.78 is 0. The highest BCUT2D eigenvalue weighted by Gasteiger charge is 2.29. The SMILES string of the molecule is C1=C2CCN(Cc3ccccc3)[C@H]2CCC1. The van der Waals surface area contributed by atoms with Crippen molar-refractivity contribution in [2.24, 2.45) is 0 Å². The lowest BCUT2D eigenvalue weighted by molar-refractivity contribution is 0.244. The van der Waals surface area contributed by atoms with Gasteiger partial charge in [-0.3, -0.25) is 4.90 Å². The van der Waals surface area contributed by atoms with E-state index in [1.54, 1.807) is 5.57 Å². The summed E-state index contributed by atoms with van der Waals surface area (Å²) in [5, 5.41) is 0. The molecule has 84 valence electrons. The Kier molecular flexibility index (Phi) is 2.79. The zero-order valence-electron chi connectivity index (χ0n) is 9.73. The minimum absolute atomic E-state index is 0.758. The Morgan fingerprint density at radius 2 is 2.06 bits per heavy atom. The molecule has 0 amide bonds. The van der Waals surface area contributed by atoms with E-state index in [4.69, 9.17) is 0 Å². The maximum atomic E-state index is 2.65. The molecule has 2 aliphatic rings. The van der Waals surface area contributed by atoms with Crippen molar-refractivity contribution in [3.8, 4) is 0 Å². The molecule has 3 rings (SSSR count). The quantitative estimate of drug-likeness (QED) is 0.681. The van der Waals surface area contributed by atoms with Gasteiger partial charge in [0.2, 0.25) is 0 Å². The van der Waals surface area contributed by atoms with Crippen molar-refractivity contribution in [1.29, 1.82) is 0 Å². The normalized spacial score (nSPS) is 25.2. The lowest BCUT2D eigenvalue weighted by Crippen LogP contribution is -2.30. The van der Waals surface area contributed by atoms with Crippen LogP contribution in [0.5, 0.6) is 0 Å². The highest BCUT2D eigenvalue weighted by Crippen LogP contribution is 2.32. The Labute approximate surface area is 97.8 Å². The van der Waals surface area contributed by atoms with Gasteiger partial charge in [0.15, 0.2) is 0 Å². The van der Waals surface area contributed by atoms with E-state index in [0.717, 1.165) is 12.6 Å². The van der Waals surface area contributed by atoms with Crippen LogP contribution in [0.1, 0.15) is 31.2 Å². The summed E-state index contributed by atoms with van der Waals surface area (Å²) in [5.41, 5.74) is 3.16. The number of rotatable bonds is 2. The molecule has 1 nitrogen and oxygen atoms in total. The van der Waals surface area contributed by atoms with Crippen LogP contribution >= 0.6 is 0 Å². The number of allylic oxidation sites excluding steroid dienone is 1. The number of hydrogen-bond donors (Lipinski definition) is 0. The van der Waals surface area contributed by atoms with Crippen LogP contribution in [0.4, 0.5) is 0 Å². The van der Waals surface area contributed by atoms with Crippen molar-refractivity contribution in [1.82, 2.24) is 4.90 Å². The maximum Gasteiger partial charge on any atom is 0.0311 e. The van der Waals surface area contributed by atoms with Crippen molar-refractivity contribution in [3.63, 3.8) is 0 Å². The van der Waals surface area contributed by atoms with Crippen LogP contribution in [0.15, 0.2) is 42.0 Å². The fourth-order valence-corrected chi connectivity index (χ4v) is 3.04. The third-order valence-corrected chi connectivity index (χ3v) is 3.87. The summed E-state index contributed by atoms with van der Waals surface area (Å²) in [7, 11) is 0. The Morgan fingerprint density at radius 3 is 2.94 bits per heavy atom. The first kappa shape index (κ1) is 10.1. The van der Waals surface area contributed by atoms with Gasteiger partial charge >= 0.3 is 0 Å². The summed E-state index contributed by atoms with van der Waals surface area (Å²) in [4.78, 5) is 2.65. The first-order valence-electron chi connectivity index (χ1n) is 6.40. The number of benzene rings is 1. The molecule has 0 saturated carbocycles. The van der Waals surface area contributed by atoms with Crippen LogP contribution in [0.3, 0.4) is 0 Å². The smallest absolute Gasteiger partial charge is 0.0311 e. The fraction of sp³-hybridized carbons (Fsp3) is 0.467. The van der Waals surface area contributed by atoms with Crippen molar-refractivity contribution < 1.29 is 0 Å². The molecule has 1 aliphatic heterocycles. The van der Waals surface area contributed by atoms with Gasteiger partial charge < -0.3 is 0 Å².